The molecule has 0 amide bonds. The van der Waals surface area contributed by atoms with Crippen molar-refractivity contribution in [2.45, 2.75) is 238 Å². The molecule has 0 aliphatic heterocycles. The minimum absolute atomic E-state index is 0.0256. The van der Waals surface area contributed by atoms with E-state index >= 15 is 0 Å². The lowest BCUT2D eigenvalue weighted by molar-refractivity contribution is -0.154. The summed E-state index contributed by atoms with van der Waals surface area (Å²) < 4.78 is 33.3. The Labute approximate surface area is 331 Å². The molecule has 54 heavy (non-hydrogen) atoms. The molecule has 322 valence electrons. The summed E-state index contributed by atoms with van der Waals surface area (Å²) in [5.74, 6) is -1.77. The van der Waals surface area contributed by atoms with Gasteiger partial charge in [-0.05, 0) is 12.8 Å². The maximum Gasteiger partial charge on any atom is 0.472 e. The van der Waals surface area contributed by atoms with Crippen LogP contribution in [-0.4, -0.2) is 60.5 Å². The number of carbonyl (C=O) groups is 2. The zero-order valence-electron chi connectivity index (χ0n) is 35.1. The first-order valence-corrected chi connectivity index (χ1v) is 24.1. The van der Waals surface area contributed by atoms with Crippen LogP contribution in [0.3, 0.4) is 0 Å². The number of aliphatic carboxylic acids is 1. The van der Waals surface area contributed by atoms with Crippen LogP contribution in [0.2, 0.25) is 0 Å². The van der Waals surface area contributed by atoms with E-state index in [1.165, 1.54) is 167 Å². The second-order valence-electron chi connectivity index (χ2n) is 15.5. The topological polar surface area (TPSA) is 155 Å². The number of carboxylic acid groups (broad SMARTS) is 1. The van der Waals surface area contributed by atoms with E-state index in [-0.39, 0.29) is 13.0 Å². The van der Waals surface area contributed by atoms with Crippen LogP contribution in [0, 0.1) is 0 Å². The number of carboxylic acids is 1. The Kier molecular flexibility index (Phi) is 39.4. The third-order valence-electron chi connectivity index (χ3n) is 10.1. The first-order chi connectivity index (χ1) is 26.2. The van der Waals surface area contributed by atoms with Gasteiger partial charge in [0.25, 0.3) is 0 Å². The second kappa shape index (κ2) is 40.2. The van der Waals surface area contributed by atoms with Crippen LogP contribution in [-0.2, 0) is 32.7 Å². The molecule has 0 aromatic heterocycles. The number of carbonyl (C=O) groups excluding carboxylic acids is 1. The highest BCUT2D eigenvalue weighted by molar-refractivity contribution is 7.47. The third kappa shape index (κ3) is 39.2. The normalized spacial score (nSPS) is 13.9. The molecule has 4 N–H and O–H groups in total. The third-order valence-corrected chi connectivity index (χ3v) is 11.1. The Morgan fingerprint density at radius 3 is 1.22 bits per heavy atom. The standard InChI is InChI=1S/C43H86NO9P/c1-3-5-7-9-11-13-15-16-17-18-19-20-21-22-23-24-26-28-30-32-34-36-50-37-40(38-51-54(48,49)52-39-41(44)43(46)47)53-42(45)35-33-31-29-27-25-14-12-10-8-6-4-2/h40-41H,3-39,44H2,1-2H3,(H,46,47)(H,48,49). The number of ether oxygens (including phenoxy) is 2. The maximum atomic E-state index is 12.6. The van der Waals surface area contributed by atoms with E-state index in [1.807, 2.05) is 0 Å². The summed E-state index contributed by atoms with van der Waals surface area (Å²) in [6.45, 7) is 3.92. The molecule has 0 radical (unpaired) electrons. The molecular weight excluding hydrogens is 705 g/mol. The molecule has 0 rings (SSSR count). The van der Waals surface area contributed by atoms with Gasteiger partial charge in [-0.15, -0.1) is 0 Å². The number of phosphoric ester groups is 1. The number of esters is 1. The summed E-state index contributed by atoms with van der Waals surface area (Å²) in [5, 5.41) is 8.89. The van der Waals surface area contributed by atoms with E-state index in [4.69, 9.17) is 29.4 Å². The molecule has 0 bridgehead atoms. The van der Waals surface area contributed by atoms with Crippen LogP contribution in [0.15, 0.2) is 0 Å². The van der Waals surface area contributed by atoms with Gasteiger partial charge in [-0.1, -0.05) is 206 Å². The Balaban J connectivity index is 4.08. The molecule has 0 saturated carbocycles. The minimum Gasteiger partial charge on any atom is -0.480 e. The van der Waals surface area contributed by atoms with Crippen molar-refractivity contribution in [3.63, 3.8) is 0 Å². The van der Waals surface area contributed by atoms with Gasteiger partial charge in [-0.3, -0.25) is 18.6 Å². The fourth-order valence-corrected chi connectivity index (χ4v) is 7.38. The van der Waals surface area contributed by atoms with E-state index in [0.717, 1.165) is 38.5 Å². The van der Waals surface area contributed by atoms with Crippen molar-refractivity contribution in [3.8, 4) is 0 Å². The van der Waals surface area contributed by atoms with E-state index in [1.54, 1.807) is 0 Å². The van der Waals surface area contributed by atoms with Crippen molar-refractivity contribution in [1.82, 2.24) is 0 Å². The Morgan fingerprint density at radius 1 is 0.519 bits per heavy atom. The summed E-state index contributed by atoms with van der Waals surface area (Å²) in [5.41, 5.74) is 5.35. The predicted molar refractivity (Wildman–Crippen MR) is 222 cm³/mol. The van der Waals surface area contributed by atoms with Crippen LogP contribution < -0.4 is 5.73 Å². The van der Waals surface area contributed by atoms with Crippen molar-refractivity contribution >= 4 is 19.8 Å². The molecule has 0 aliphatic rings. The fourth-order valence-electron chi connectivity index (χ4n) is 6.61. The van der Waals surface area contributed by atoms with Crippen molar-refractivity contribution in [3.05, 3.63) is 0 Å². The van der Waals surface area contributed by atoms with E-state index in [0.29, 0.717) is 6.61 Å². The molecule has 0 spiro atoms. The second-order valence-corrected chi connectivity index (χ2v) is 17.0. The molecule has 0 heterocycles. The molecule has 0 aliphatic carbocycles. The van der Waals surface area contributed by atoms with Crippen LogP contribution in [0.4, 0.5) is 0 Å². The number of rotatable bonds is 44. The number of nitrogens with two attached hydrogens (primary N) is 1. The summed E-state index contributed by atoms with van der Waals surface area (Å²) in [6, 6.07) is -1.47. The number of hydrogen-bond acceptors (Lipinski definition) is 8. The quantitative estimate of drug-likeness (QED) is 0.0308. The fraction of sp³-hybridized carbons (Fsp3) is 0.953. The summed E-state index contributed by atoms with van der Waals surface area (Å²) >= 11 is 0. The monoisotopic (exact) mass is 792 g/mol. The molecule has 10 nitrogen and oxygen atoms in total. The highest BCUT2D eigenvalue weighted by atomic mass is 31.2. The van der Waals surface area contributed by atoms with Gasteiger partial charge in [-0.25, -0.2) is 4.57 Å². The molecule has 0 aromatic rings. The molecule has 3 unspecified atom stereocenters. The van der Waals surface area contributed by atoms with Gasteiger partial charge >= 0.3 is 19.8 Å². The first kappa shape index (κ1) is 53.0. The molecular formula is C43H86NO9P. The van der Waals surface area contributed by atoms with Crippen molar-refractivity contribution in [2.75, 3.05) is 26.4 Å². The maximum absolute atomic E-state index is 12.6. The molecule has 0 saturated heterocycles. The highest BCUT2D eigenvalue weighted by Crippen LogP contribution is 2.43. The minimum atomic E-state index is -4.60. The molecule has 3 atom stereocenters. The Morgan fingerprint density at radius 2 is 0.852 bits per heavy atom. The zero-order valence-corrected chi connectivity index (χ0v) is 36.0. The van der Waals surface area contributed by atoms with E-state index < -0.39 is 45.1 Å². The van der Waals surface area contributed by atoms with E-state index in [9.17, 15) is 19.0 Å². The average Bonchev–Trinajstić information content (AvgIpc) is 3.15. The van der Waals surface area contributed by atoms with Gasteiger partial charge in [0.05, 0.1) is 19.8 Å². The first-order valence-electron chi connectivity index (χ1n) is 22.6. The van der Waals surface area contributed by atoms with Crippen LogP contribution >= 0.6 is 7.82 Å². The smallest absolute Gasteiger partial charge is 0.472 e. The number of phosphoric acid groups is 1. The molecule has 0 aromatic carbocycles. The van der Waals surface area contributed by atoms with Gasteiger partial charge in [0.15, 0.2) is 0 Å². The van der Waals surface area contributed by atoms with Gasteiger partial charge in [0.2, 0.25) is 0 Å². The van der Waals surface area contributed by atoms with Gasteiger partial charge in [0, 0.05) is 13.0 Å². The van der Waals surface area contributed by atoms with Crippen molar-refractivity contribution in [2.24, 2.45) is 5.73 Å². The zero-order chi connectivity index (χ0) is 39.8. The lowest BCUT2D eigenvalue weighted by Crippen LogP contribution is -2.34. The lowest BCUT2D eigenvalue weighted by atomic mass is 10.0. The van der Waals surface area contributed by atoms with Crippen molar-refractivity contribution in [1.29, 1.82) is 0 Å². The Bertz CT molecular complexity index is 878. The van der Waals surface area contributed by atoms with E-state index in [2.05, 4.69) is 13.8 Å². The molecule has 0 fully saturated rings. The van der Waals surface area contributed by atoms with Gasteiger partial charge in [0.1, 0.15) is 12.1 Å². The van der Waals surface area contributed by atoms with Gasteiger partial charge < -0.3 is 25.2 Å². The Hall–Kier alpha value is -1.03. The lowest BCUT2D eigenvalue weighted by Gasteiger charge is -2.20. The van der Waals surface area contributed by atoms with Gasteiger partial charge in [-0.2, -0.15) is 0 Å². The van der Waals surface area contributed by atoms with Crippen molar-refractivity contribution < 1.29 is 42.7 Å². The van der Waals surface area contributed by atoms with Crippen LogP contribution in [0.25, 0.3) is 0 Å². The largest absolute Gasteiger partial charge is 0.480 e. The van der Waals surface area contributed by atoms with Crippen LogP contribution in [0.5, 0.6) is 0 Å². The number of unbranched alkanes of at least 4 members (excludes halogenated alkanes) is 30. The predicted octanol–water partition coefficient (Wildman–Crippen LogP) is 12.4. The highest BCUT2D eigenvalue weighted by Gasteiger charge is 2.27. The van der Waals surface area contributed by atoms with Crippen LogP contribution in [0.1, 0.15) is 226 Å². The summed E-state index contributed by atoms with van der Waals surface area (Å²) in [4.78, 5) is 33.5. The summed E-state index contributed by atoms with van der Waals surface area (Å²) in [7, 11) is -4.60. The average molecular weight is 792 g/mol. The SMILES string of the molecule is CCCCCCCCCCCCCCCCCCCCCCCOCC(COP(=O)(O)OCC(N)C(=O)O)OC(=O)CCCCCCCCCCCCC. The summed E-state index contributed by atoms with van der Waals surface area (Å²) in [6.07, 6.45) is 40.2. The number of hydrogen-bond donors (Lipinski definition) is 3. The molecule has 11 heteroatoms.